The highest BCUT2D eigenvalue weighted by molar-refractivity contribution is 6.45. The Hall–Kier alpha value is -2.90. The molecule has 154 valence electrons. The van der Waals surface area contributed by atoms with Gasteiger partial charge in [-0.2, -0.15) is 0 Å². The van der Waals surface area contributed by atoms with E-state index in [1.54, 1.807) is 24.3 Å². The van der Waals surface area contributed by atoms with Gasteiger partial charge in [-0.15, -0.1) is 0 Å². The molecule has 8 nitrogen and oxygen atoms in total. The van der Waals surface area contributed by atoms with Crippen LogP contribution in [0, 0.1) is 17.8 Å². The van der Waals surface area contributed by atoms with Gasteiger partial charge in [0.1, 0.15) is 12.3 Å². The first-order chi connectivity index (χ1) is 13.9. The summed E-state index contributed by atoms with van der Waals surface area (Å²) in [6.45, 7) is 1.33. The molecule has 0 radical (unpaired) electrons. The molecule has 1 aromatic carbocycles. The number of para-hydroxylation sites is 2. The number of fused-ring (bicyclic) bond motifs is 2. The Morgan fingerprint density at radius 1 is 1.17 bits per heavy atom. The lowest BCUT2D eigenvalue weighted by molar-refractivity contribution is -0.144. The first kappa shape index (κ1) is 19.4. The molecule has 0 unspecified atom stereocenters. The quantitative estimate of drug-likeness (QED) is 0.585. The topological polar surface area (TPSA) is 96.0 Å². The van der Waals surface area contributed by atoms with Crippen LogP contribution in [0.5, 0.6) is 5.75 Å². The molecule has 29 heavy (non-hydrogen) atoms. The second-order valence-corrected chi connectivity index (χ2v) is 8.18. The number of urea groups is 1. The van der Waals surface area contributed by atoms with Crippen LogP contribution in [0.2, 0.25) is 0 Å². The summed E-state index contributed by atoms with van der Waals surface area (Å²) in [5.74, 6) is -0.486. The number of imide groups is 2. The fourth-order valence-electron chi connectivity index (χ4n) is 5.18. The van der Waals surface area contributed by atoms with Gasteiger partial charge in [0.05, 0.1) is 12.8 Å². The number of ether oxygens (including phenoxy) is 1. The van der Waals surface area contributed by atoms with Gasteiger partial charge in [-0.25, -0.2) is 9.69 Å². The van der Waals surface area contributed by atoms with Gasteiger partial charge >= 0.3 is 17.8 Å². The highest BCUT2D eigenvalue weighted by atomic mass is 16.5. The number of hydrogen-bond donors (Lipinski definition) is 1. The zero-order chi connectivity index (χ0) is 20.7. The molecule has 1 aliphatic heterocycles. The molecule has 8 heteroatoms. The van der Waals surface area contributed by atoms with Crippen molar-refractivity contribution >= 4 is 29.4 Å². The number of rotatable bonds is 6. The Kier molecular flexibility index (Phi) is 5.02. The van der Waals surface area contributed by atoms with E-state index in [9.17, 15) is 19.2 Å². The zero-order valence-corrected chi connectivity index (χ0v) is 16.6. The lowest BCUT2D eigenvalue weighted by atomic mass is 9.83. The minimum absolute atomic E-state index is 0.233. The average Bonchev–Trinajstić information content (AvgIpc) is 3.39. The van der Waals surface area contributed by atoms with Crippen LogP contribution in [0.3, 0.4) is 0 Å². The average molecular weight is 399 g/mol. The van der Waals surface area contributed by atoms with Crippen LogP contribution in [0.1, 0.15) is 32.6 Å². The summed E-state index contributed by atoms with van der Waals surface area (Å²) >= 11 is 0. The second-order valence-electron chi connectivity index (χ2n) is 8.18. The Balaban J connectivity index is 1.44. The largest absolute Gasteiger partial charge is 0.495 e. The molecule has 3 fully saturated rings. The highest BCUT2D eigenvalue weighted by Gasteiger charge is 2.52. The van der Waals surface area contributed by atoms with Gasteiger partial charge in [-0.1, -0.05) is 18.6 Å². The predicted octanol–water partition coefficient (Wildman–Crippen LogP) is 2.25. The van der Waals surface area contributed by atoms with E-state index in [1.807, 2.05) is 6.92 Å². The standard InChI is InChI=1S/C21H25N3O5/c1-12(15-10-13-7-8-14(15)9-13)24-20(27)19(26)23(21(24)28)11-18(25)22-16-5-3-4-6-17(16)29-2/h3-6,12-15H,7-11H2,1-2H3,(H,22,25)/t12-,13+,14+,15+/m1/s1. The molecule has 4 rings (SSSR count). The third kappa shape index (κ3) is 3.36. The van der Waals surface area contributed by atoms with Crippen molar-refractivity contribution in [2.45, 2.75) is 38.6 Å². The summed E-state index contributed by atoms with van der Waals surface area (Å²) < 4.78 is 5.18. The molecule has 0 spiro atoms. The van der Waals surface area contributed by atoms with Crippen molar-refractivity contribution in [1.29, 1.82) is 0 Å². The van der Waals surface area contributed by atoms with E-state index in [-0.39, 0.29) is 12.0 Å². The zero-order valence-electron chi connectivity index (χ0n) is 16.6. The number of benzene rings is 1. The summed E-state index contributed by atoms with van der Waals surface area (Å²) in [6, 6.07) is 5.78. The molecule has 4 atom stereocenters. The van der Waals surface area contributed by atoms with Crippen molar-refractivity contribution in [2.24, 2.45) is 17.8 Å². The van der Waals surface area contributed by atoms with Crippen LogP contribution < -0.4 is 10.1 Å². The molecule has 2 bridgehead atoms. The Labute approximate surface area is 169 Å². The highest BCUT2D eigenvalue weighted by Crippen LogP contribution is 2.50. The van der Waals surface area contributed by atoms with Gasteiger partial charge in [0.2, 0.25) is 5.91 Å². The maximum absolute atomic E-state index is 12.8. The van der Waals surface area contributed by atoms with Crippen molar-refractivity contribution in [3.8, 4) is 5.75 Å². The van der Waals surface area contributed by atoms with Crippen molar-refractivity contribution in [3.05, 3.63) is 24.3 Å². The third-order valence-corrected chi connectivity index (χ3v) is 6.59. The minimum Gasteiger partial charge on any atom is -0.495 e. The predicted molar refractivity (Wildman–Crippen MR) is 104 cm³/mol. The van der Waals surface area contributed by atoms with Gasteiger partial charge in [-0.3, -0.25) is 19.3 Å². The van der Waals surface area contributed by atoms with Crippen LogP contribution in [-0.4, -0.2) is 53.2 Å². The number of hydrogen-bond acceptors (Lipinski definition) is 5. The van der Waals surface area contributed by atoms with Crippen LogP contribution in [0.25, 0.3) is 0 Å². The fourth-order valence-corrected chi connectivity index (χ4v) is 5.18. The Bertz CT molecular complexity index is 870. The number of amides is 5. The minimum atomic E-state index is -0.944. The van der Waals surface area contributed by atoms with Gasteiger partial charge in [-0.05, 0) is 56.1 Å². The molecule has 3 aliphatic rings. The SMILES string of the molecule is COc1ccccc1NC(=O)CN1C(=O)C(=O)N([C@H](C)[C@@H]2C[C@H]3CC[C@H]2C3)C1=O. The van der Waals surface area contributed by atoms with E-state index in [2.05, 4.69) is 5.32 Å². The summed E-state index contributed by atoms with van der Waals surface area (Å²) in [6.07, 6.45) is 4.47. The van der Waals surface area contributed by atoms with Crippen LogP contribution >= 0.6 is 0 Å². The number of anilines is 1. The molecule has 5 amide bonds. The molecule has 1 heterocycles. The van der Waals surface area contributed by atoms with Gasteiger partial charge in [0.15, 0.2) is 0 Å². The molecule has 2 aliphatic carbocycles. The summed E-state index contributed by atoms with van der Waals surface area (Å²) in [5.41, 5.74) is 0.428. The van der Waals surface area contributed by atoms with Gasteiger partial charge in [0, 0.05) is 6.04 Å². The van der Waals surface area contributed by atoms with Gasteiger partial charge < -0.3 is 10.1 Å². The monoisotopic (exact) mass is 399 g/mol. The first-order valence-electron chi connectivity index (χ1n) is 10.0. The van der Waals surface area contributed by atoms with Crippen LogP contribution in [-0.2, 0) is 14.4 Å². The van der Waals surface area contributed by atoms with Crippen LogP contribution in [0.15, 0.2) is 24.3 Å². The molecular weight excluding hydrogens is 374 g/mol. The van der Waals surface area contributed by atoms with E-state index in [0.717, 1.165) is 29.1 Å². The van der Waals surface area contributed by atoms with E-state index in [4.69, 9.17) is 4.74 Å². The number of methoxy groups -OCH3 is 1. The molecular formula is C21H25N3O5. The van der Waals surface area contributed by atoms with Crippen molar-refractivity contribution in [3.63, 3.8) is 0 Å². The molecule has 1 saturated heterocycles. The molecule has 1 N–H and O–H groups in total. The number of nitrogens with one attached hydrogen (secondary N) is 1. The lowest BCUT2D eigenvalue weighted by Gasteiger charge is -2.32. The maximum Gasteiger partial charge on any atom is 0.334 e. The second kappa shape index (κ2) is 7.50. The Morgan fingerprint density at radius 3 is 2.59 bits per heavy atom. The van der Waals surface area contributed by atoms with E-state index >= 15 is 0 Å². The number of nitrogens with zero attached hydrogens (tertiary/aromatic N) is 2. The summed E-state index contributed by atoms with van der Waals surface area (Å²) in [7, 11) is 1.48. The Morgan fingerprint density at radius 2 is 1.93 bits per heavy atom. The molecule has 2 saturated carbocycles. The van der Waals surface area contributed by atoms with Crippen molar-refractivity contribution in [2.75, 3.05) is 19.0 Å². The number of carbonyl (C=O) groups is 4. The van der Waals surface area contributed by atoms with Crippen molar-refractivity contribution in [1.82, 2.24) is 9.80 Å². The first-order valence-corrected chi connectivity index (χ1v) is 10.0. The number of carbonyl (C=O) groups excluding carboxylic acids is 4. The smallest absolute Gasteiger partial charge is 0.334 e. The van der Waals surface area contributed by atoms with Crippen LogP contribution in [0.4, 0.5) is 10.5 Å². The lowest BCUT2D eigenvalue weighted by Crippen LogP contribution is -2.45. The van der Waals surface area contributed by atoms with Gasteiger partial charge in [0.25, 0.3) is 0 Å². The maximum atomic E-state index is 12.8. The normalized spacial score (nSPS) is 27.0. The fraction of sp³-hybridized carbons (Fsp3) is 0.524. The molecule has 0 aromatic heterocycles. The third-order valence-electron chi connectivity index (χ3n) is 6.59. The van der Waals surface area contributed by atoms with Crippen molar-refractivity contribution < 1.29 is 23.9 Å². The van der Waals surface area contributed by atoms with E-state index in [1.165, 1.54) is 13.5 Å². The van der Waals surface area contributed by atoms with E-state index in [0.29, 0.717) is 23.3 Å². The summed E-state index contributed by atoms with van der Waals surface area (Å²) in [4.78, 5) is 52.0. The van der Waals surface area contributed by atoms with E-state index < -0.39 is 30.3 Å². The molecule has 1 aromatic rings. The summed E-state index contributed by atoms with van der Waals surface area (Å²) in [5, 5.41) is 2.63.